The van der Waals surface area contributed by atoms with Gasteiger partial charge in [-0.1, -0.05) is 23.9 Å². The van der Waals surface area contributed by atoms with Crippen LogP contribution >= 0.6 is 34.4 Å². The maximum atomic E-state index is 12.3. The molecular weight excluding hydrogens is 475 g/mol. The molecule has 0 saturated carbocycles. The third-order valence-corrected chi connectivity index (χ3v) is 5.61. The fraction of sp³-hybridized carbons (Fsp3) is 0.211. The lowest BCUT2D eigenvalue weighted by Gasteiger charge is -2.10. The predicted molar refractivity (Wildman–Crippen MR) is 116 cm³/mol. The minimum Gasteiger partial charge on any atom is -0.507 e. The number of phenols is 1. The van der Waals surface area contributed by atoms with Crippen molar-refractivity contribution >= 4 is 45.9 Å². The summed E-state index contributed by atoms with van der Waals surface area (Å²) in [7, 11) is 0. The van der Waals surface area contributed by atoms with Crippen molar-refractivity contribution in [2.24, 2.45) is 0 Å². The molecule has 6 nitrogen and oxygen atoms in total. The van der Waals surface area contributed by atoms with Crippen molar-refractivity contribution < 1.29 is 9.90 Å². The van der Waals surface area contributed by atoms with Crippen molar-refractivity contribution in [1.82, 2.24) is 14.8 Å². The lowest BCUT2D eigenvalue weighted by Crippen LogP contribution is -2.15. The summed E-state index contributed by atoms with van der Waals surface area (Å²) in [6.45, 7) is 4.58. The van der Waals surface area contributed by atoms with Crippen molar-refractivity contribution in [3.63, 3.8) is 0 Å². The van der Waals surface area contributed by atoms with Gasteiger partial charge in [0.05, 0.1) is 11.3 Å². The number of hydrogen-bond acceptors (Lipinski definition) is 5. The molecule has 0 aliphatic carbocycles. The number of benzene rings is 2. The minimum absolute atomic E-state index is 0.0981. The Morgan fingerprint density at radius 1 is 1.26 bits per heavy atom. The van der Waals surface area contributed by atoms with Crippen LogP contribution in [0.1, 0.15) is 12.5 Å². The Morgan fingerprint density at radius 3 is 2.74 bits per heavy atom. The van der Waals surface area contributed by atoms with Crippen LogP contribution < -0.4 is 5.32 Å². The Hall–Kier alpha value is -2.07. The molecule has 0 unspecified atom stereocenters. The van der Waals surface area contributed by atoms with Crippen LogP contribution in [-0.2, 0) is 11.3 Å². The molecule has 2 aromatic carbocycles. The van der Waals surface area contributed by atoms with E-state index in [4.69, 9.17) is 0 Å². The molecule has 0 atom stereocenters. The van der Waals surface area contributed by atoms with Crippen molar-refractivity contribution in [3.8, 4) is 17.1 Å². The number of aromatic nitrogens is 3. The molecule has 3 rings (SSSR count). The molecule has 3 aromatic rings. The van der Waals surface area contributed by atoms with Crippen molar-refractivity contribution in [3.05, 3.63) is 51.6 Å². The number of aromatic hydroxyl groups is 1. The molecule has 0 fully saturated rings. The van der Waals surface area contributed by atoms with E-state index in [1.807, 2.05) is 42.7 Å². The standard InChI is InChI=1S/C19H19IN4O2S/c1-3-24-18(14-6-4-5-7-16(14)25)22-23-19(24)27-11-17(26)21-15-9-8-13(20)10-12(15)2/h4-10,25H,3,11H2,1-2H3,(H,21,26). The number of amides is 1. The summed E-state index contributed by atoms with van der Waals surface area (Å²) in [5.74, 6) is 0.874. The van der Waals surface area contributed by atoms with E-state index in [1.54, 1.807) is 18.2 Å². The molecule has 0 saturated heterocycles. The van der Waals surface area contributed by atoms with Crippen molar-refractivity contribution in [1.29, 1.82) is 0 Å². The quantitative estimate of drug-likeness (QED) is 0.395. The highest BCUT2D eigenvalue weighted by Gasteiger charge is 2.17. The first-order chi connectivity index (χ1) is 13.0. The molecule has 0 radical (unpaired) electrons. The molecule has 8 heteroatoms. The molecule has 0 aliphatic heterocycles. The summed E-state index contributed by atoms with van der Waals surface area (Å²) in [6.07, 6.45) is 0. The third kappa shape index (κ3) is 4.62. The second kappa shape index (κ2) is 8.75. The molecule has 1 heterocycles. The van der Waals surface area contributed by atoms with Crippen LogP contribution in [0, 0.1) is 10.5 Å². The van der Waals surface area contributed by atoms with Gasteiger partial charge in [-0.3, -0.25) is 4.79 Å². The molecule has 0 spiro atoms. The van der Waals surface area contributed by atoms with E-state index in [9.17, 15) is 9.90 Å². The van der Waals surface area contributed by atoms with Gasteiger partial charge in [0.25, 0.3) is 0 Å². The summed E-state index contributed by atoms with van der Waals surface area (Å²) >= 11 is 3.57. The van der Waals surface area contributed by atoms with E-state index in [0.717, 1.165) is 14.8 Å². The summed E-state index contributed by atoms with van der Waals surface area (Å²) in [6, 6.07) is 12.9. The topological polar surface area (TPSA) is 80.0 Å². The zero-order valence-electron chi connectivity index (χ0n) is 14.9. The third-order valence-electron chi connectivity index (χ3n) is 3.97. The number of para-hydroxylation sites is 1. The fourth-order valence-corrected chi connectivity index (χ4v) is 4.08. The van der Waals surface area contributed by atoms with Crippen LogP contribution in [0.3, 0.4) is 0 Å². The van der Waals surface area contributed by atoms with Crippen LogP contribution in [0.4, 0.5) is 5.69 Å². The van der Waals surface area contributed by atoms with Crippen LogP contribution in [0.5, 0.6) is 5.75 Å². The molecular formula is C19H19IN4O2S. The second-order valence-electron chi connectivity index (χ2n) is 5.86. The van der Waals surface area contributed by atoms with Crippen LogP contribution in [0.15, 0.2) is 47.6 Å². The van der Waals surface area contributed by atoms with Gasteiger partial charge in [0.15, 0.2) is 11.0 Å². The predicted octanol–water partition coefficient (Wildman–Crippen LogP) is 4.31. The van der Waals surface area contributed by atoms with E-state index in [2.05, 4.69) is 38.1 Å². The molecule has 140 valence electrons. The first-order valence-corrected chi connectivity index (χ1v) is 10.5. The molecule has 27 heavy (non-hydrogen) atoms. The first kappa shape index (κ1) is 19.7. The van der Waals surface area contributed by atoms with Gasteiger partial charge in [0, 0.05) is 15.8 Å². The number of halogens is 1. The van der Waals surface area contributed by atoms with Gasteiger partial charge >= 0.3 is 0 Å². The van der Waals surface area contributed by atoms with Crippen molar-refractivity contribution in [2.75, 3.05) is 11.1 Å². The average molecular weight is 494 g/mol. The first-order valence-electron chi connectivity index (χ1n) is 8.40. The van der Waals surface area contributed by atoms with Gasteiger partial charge in [-0.2, -0.15) is 0 Å². The highest BCUT2D eigenvalue weighted by Crippen LogP contribution is 2.30. The Balaban J connectivity index is 1.71. The Labute approximate surface area is 175 Å². The van der Waals surface area contributed by atoms with Gasteiger partial charge in [-0.25, -0.2) is 0 Å². The number of rotatable bonds is 6. The highest BCUT2D eigenvalue weighted by molar-refractivity contribution is 14.1. The second-order valence-corrected chi connectivity index (χ2v) is 8.05. The lowest BCUT2D eigenvalue weighted by molar-refractivity contribution is -0.113. The van der Waals surface area contributed by atoms with E-state index in [-0.39, 0.29) is 17.4 Å². The van der Waals surface area contributed by atoms with E-state index in [0.29, 0.717) is 23.1 Å². The Morgan fingerprint density at radius 2 is 2.04 bits per heavy atom. The van der Waals surface area contributed by atoms with Gasteiger partial charge in [-0.15, -0.1) is 10.2 Å². The zero-order valence-corrected chi connectivity index (χ0v) is 17.9. The number of anilines is 1. The number of hydrogen-bond donors (Lipinski definition) is 2. The SMILES string of the molecule is CCn1c(SCC(=O)Nc2ccc(I)cc2C)nnc1-c1ccccc1O. The Bertz CT molecular complexity index is 974. The number of thioether (sulfide) groups is 1. The maximum absolute atomic E-state index is 12.3. The maximum Gasteiger partial charge on any atom is 0.234 e. The minimum atomic E-state index is -0.0981. The molecule has 2 N–H and O–H groups in total. The monoisotopic (exact) mass is 494 g/mol. The Kier molecular flexibility index (Phi) is 6.38. The van der Waals surface area contributed by atoms with Gasteiger partial charge < -0.3 is 15.0 Å². The number of phenolic OH excluding ortho intramolecular Hbond substituents is 1. The normalized spacial score (nSPS) is 10.8. The summed E-state index contributed by atoms with van der Waals surface area (Å²) < 4.78 is 3.02. The summed E-state index contributed by atoms with van der Waals surface area (Å²) in [5.41, 5.74) is 2.46. The van der Waals surface area contributed by atoms with Crippen LogP contribution in [-0.4, -0.2) is 31.5 Å². The average Bonchev–Trinajstić information content (AvgIpc) is 3.05. The van der Waals surface area contributed by atoms with Crippen LogP contribution in [0.2, 0.25) is 0 Å². The summed E-state index contributed by atoms with van der Waals surface area (Å²) in [5, 5.41) is 22.0. The van der Waals surface area contributed by atoms with Gasteiger partial charge in [0.2, 0.25) is 5.91 Å². The number of aryl methyl sites for hydroxylation is 1. The smallest absolute Gasteiger partial charge is 0.234 e. The summed E-state index contributed by atoms with van der Waals surface area (Å²) in [4.78, 5) is 12.3. The number of carbonyl (C=O) groups is 1. The lowest BCUT2D eigenvalue weighted by atomic mass is 10.2. The van der Waals surface area contributed by atoms with Gasteiger partial charge in [0.1, 0.15) is 5.75 Å². The molecule has 0 aliphatic rings. The molecule has 0 bridgehead atoms. The number of nitrogens with one attached hydrogen (secondary N) is 1. The fourth-order valence-electron chi connectivity index (χ4n) is 2.63. The van der Waals surface area contributed by atoms with E-state index < -0.39 is 0 Å². The molecule has 1 amide bonds. The van der Waals surface area contributed by atoms with Crippen molar-refractivity contribution in [2.45, 2.75) is 25.5 Å². The highest BCUT2D eigenvalue weighted by atomic mass is 127. The number of nitrogens with zero attached hydrogens (tertiary/aromatic N) is 3. The van der Waals surface area contributed by atoms with Gasteiger partial charge in [-0.05, 0) is 72.3 Å². The zero-order chi connectivity index (χ0) is 19.4. The molecule has 1 aromatic heterocycles. The van der Waals surface area contributed by atoms with E-state index in [1.165, 1.54) is 11.8 Å². The van der Waals surface area contributed by atoms with E-state index >= 15 is 0 Å². The van der Waals surface area contributed by atoms with Crippen LogP contribution in [0.25, 0.3) is 11.4 Å². The number of carbonyl (C=O) groups excluding carboxylic acids is 1. The largest absolute Gasteiger partial charge is 0.507 e.